The van der Waals surface area contributed by atoms with Gasteiger partial charge in [0.25, 0.3) is 0 Å². The van der Waals surface area contributed by atoms with Crippen LogP contribution in [0.15, 0.2) is 146 Å². The Morgan fingerprint density at radius 1 is 0.372 bits per heavy atom. The van der Waals surface area contributed by atoms with Gasteiger partial charge in [0, 0.05) is 48.4 Å². The Morgan fingerprint density at radius 2 is 1.07 bits per heavy atom. The molecular formula is C40H24N2S. The summed E-state index contributed by atoms with van der Waals surface area (Å²) in [7, 11) is 0. The summed E-state index contributed by atoms with van der Waals surface area (Å²) in [6.07, 6.45) is 0. The predicted molar refractivity (Wildman–Crippen MR) is 186 cm³/mol. The largest absolute Gasteiger partial charge is 0.309 e. The molecule has 0 saturated heterocycles. The molecule has 0 bridgehead atoms. The molecule has 0 spiro atoms. The van der Waals surface area contributed by atoms with E-state index in [9.17, 15) is 0 Å². The number of rotatable bonds is 2. The van der Waals surface area contributed by atoms with Crippen molar-refractivity contribution in [2.24, 2.45) is 0 Å². The van der Waals surface area contributed by atoms with Crippen LogP contribution in [0.5, 0.6) is 0 Å². The minimum absolute atomic E-state index is 1.18. The Morgan fingerprint density at radius 3 is 1.98 bits per heavy atom. The SMILES string of the molecule is c1ccc(-n2c3cc4c(cc3c3ccc5c6ccccc6sc5c32)c2ccccc2n4-c2ccc3ccccc3c2)cc1. The lowest BCUT2D eigenvalue weighted by Crippen LogP contribution is -1.96. The fraction of sp³-hybridized carbons (Fsp3) is 0. The van der Waals surface area contributed by atoms with Crippen molar-refractivity contribution in [3.05, 3.63) is 146 Å². The highest BCUT2D eigenvalue weighted by Crippen LogP contribution is 2.45. The molecule has 0 aliphatic heterocycles. The van der Waals surface area contributed by atoms with Crippen LogP contribution in [0.2, 0.25) is 0 Å². The van der Waals surface area contributed by atoms with Gasteiger partial charge in [-0.25, -0.2) is 0 Å². The topological polar surface area (TPSA) is 9.86 Å². The minimum atomic E-state index is 1.18. The highest BCUT2D eigenvalue weighted by molar-refractivity contribution is 7.26. The van der Waals surface area contributed by atoms with Crippen LogP contribution in [-0.4, -0.2) is 9.13 Å². The molecule has 7 aromatic carbocycles. The normalized spacial score (nSPS) is 12.2. The number of para-hydroxylation sites is 2. The number of nitrogens with zero attached hydrogens (tertiary/aromatic N) is 2. The summed E-state index contributed by atoms with van der Waals surface area (Å²) in [6, 6.07) is 53.4. The van der Waals surface area contributed by atoms with Gasteiger partial charge in [-0.1, -0.05) is 97.1 Å². The van der Waals surface area contributed by atoms with Gasteiger partial charge in [-0.15, -0.1) is 11.3 Å². The average molecular weight is 565 g/mol. The zero-order chi connectivity index (χ0) is 28.1. The molecule has 0 aliphatic rings. The Balaban J connectivity index is 1.40. The maximum atomic E-state index is 2.49. The molecule has 0 amide bonds. The van der Waals surface area contributed by atoms with Gasteiger partial charge in [-0.2, -0.15) is 0 Å². The lowest BCUT2D eigenvalue weighted by Gasteiger charge is -2.11. The van der Waals surface area contributed by atoms with Crippen molar-refractivity contribution < 1.29 is 0 Å². The van der Waals surface area contributed by atoms with E-state index < -0.39 is 0 Å². The lowest BCUT2D eigenvalue weighted by atomic mass is 10.1. The van der Waals surface area contributed by atoms with E-state index in [1.165, 1.54) is 85.9 Å². The number of aromatic nitrogens is 2. The predicted octanol–water partition coefficient (Wildman–Crippen LogP) is 11.4. The molecule has 10 aromatic rings. The lowest BCUT2D eigenvalue weighted by molar-refractivity contribution is 1.17. The van der Waals surface area contributed by atoms with Gasteiger partial charge in [0.2, 0.25) is 0 Å². The van der Waals surface area contributed by atoms with E-state index in [-0.39, 0.29) is 0 Å². The zero-order valence-corrected chi connectivity index (χ0v) is 24.0. The maximum absolute atomic E-state index is 2.49. The van der Waals surface area contributed by atoms with Crippen LogP contribution >= 0.6 is 11.3 Å². The zero-order valence-electron chi connectivity index (χ0n) is 23.2. The van der Waals surface area contributed by atoms with Gasteiger partial charge in [0.15, 0.2) is 0 Å². The fourth-order valence-corrected chi connectivity index (χ4v) is 8.42. The number of thiophene rings is 1. The van der Waals surface area contributed by atoms with Crippen LogP contribution in [0.4, 0.5) is 0 Å². The molecule has 3 heterocycles. The van der Waals surface area contributed by atoms with Crippen LogP contribution in [0, 0.1) is 0 Å². The molecule has 0 atom stereocenters. The first-order valence-electron chi connectivity index (χ1n) is 14.7. The third kappa shape index (κ3) is 3.17. The van der Waals surface area contributed by atoms with E-state index in [4.69, 9.17) is 0 Å². The van der Waals surface area contributed by atoms with Gasteiger partial charge in [-0.05, 0) is 59.3 Å². The number of fused-ring (bicyclic) bond motifs is 11. The Labute approximate surface area is 251 Å². The number of hydrogen-bond acceptors (Lipinski definition) is 1. The Hall–Kier alpha value is -5.38. The molecule has 0 saturated carbocycles. The summed E-state index contributed by atoms with van der Waals surface area (Å²) in [5.41, 5.74) is 7.32. The van der Waals surface area contributed by atoms with Crippen molar-refractivity contribution in [2.75, 3.05) is 0 Å². The minimum Gasteiger partial charge on any atom is -0.309 e. The Bertz CT molecular complexity index is 2720. The highest BCUT2D eigenvalue weighted by atomic mass is 32.1. The second-order valence-electron chi connectivity index (χ2n) is 11.4. The van der Waals surface area contributed by atoms with Crippen LogP contribution < -0.4 is 0 Å². The molecule has 0 fully saturated rings. The first kappa shape index (κ1) is 23.2. The summed E-state index contributed by atoms with van der Waals surface area (Å²) in [4.78, 5) is 0. The quantitative estimate of drug-likeness (QED) is 0.198. The van der Waals surface area contributed by atoms with Crippen LogP contribution in [-0.2, 0) is 0 Å². The standard InChI is InChI=1S/C40H24N2S/c1-2-12-27(13-3-1)42-37-24-36-33(23-34(37)31-20-21-32-30-15-7-9-17-38(30)43-40(32)39(31)42)29-14-6-8-16-35(29)41(36)28-19-18-25-10-4-5-11-26(25)22-28/h1-24H. The number of benzene rings is 7. The van der Waals surface area contributed by atoms with Gasteiger partial charge < -0.3 is 9.13 Å². The average Bonchev–Trinajstić information content (AvgIpc) is 3.71. The third-order valence-electron chi connectivity index (χ3n) is 9.07. The van der Waals surface area contributed by atoms with E-state index in [1.807, 2.05) is 11.3 Å². The molecule has 0 radical (unpaired) electrons. The van der Waals surface area contributed by atoms with E-state index in [1.54, 1.807) is 0 Å². The van der Waals surface area contributed by atoms with E-state index in [0.29, 0.717) is 0 Å². The van der Waals surface area contributed by atoms with E-state index in [0.717, 1.165) is 0 Å². The molecule has 0 unspecified atom stereocenters. The van der Waals surface area contributed by atoms with Gasteiger partial charge >= 0.3 is 0 Å². The monoisotopic (exact) mass is 564 g/mol. The highest BCUT2D eigenvalue weighted by Gasteiger charge is 2.21. The first-order chi connectivity index (χ1) is 21.3. The molecule has 0 aliphatic carbocycles. The fourth-order valence-electron chi connectivity index (χ4n) is 7.18. The summed E-state index contributed by atoms with van der Waals surface area (Å²) >= 11 is 1.90. The van der Waals surface area contributed by atoms with Crippen molar-refractivity contribution in [3.8, 4) is 11.4 Å². The van der Waals surface area contributed by atoms with E-state index in [2.05, 4.69) is 155 Å². The number of hydrogen-bond donors (Lipinski definition) is 0. The Kier molecular flexibility index (Phi) is 4.63. The second-order valence-corrected chi connectivity index (χ2v) is 12.4. The summed E-state index contributed by atoms with van der Waals surface area (Å²) in [6.45, 7) is 0. The first-order valence-corrected chi connectivity index (χ1v) is 15.5. The van der Waals surface area contributed by atoms with Crippen molar-refractivity contribution in [3.63, 3.8) is 0 Å². The summed E-state index contributed by atoms with van der Waals surface area (Å²) in [5.74, 6) is 0. The molecule has 2 nitrogen and oxygen atoms in total. The molecular weight excluding hydrogens is 541 g/mol. The van der Waals surface area contributed by atoms with Crippen LogP contribution in [0.25, 0.3) is 85.9 Å². The van der Waals surface area contributed by atoms with Crippen molar-refractivity contribution in [1.82, 2.24) is 9.13 Å². The molecule has 200 valence electrons. The summed E-state index contributed by atoms with van der Waals surface area (Å²) in [5, 5.41) is 10.3. The molecule has 3 heteroatoms. The van der Waals surface area contributed by atoms with Crippen molar-refractivity contribution >= 4 is 85.9 Å². The summed E-state index contributed by atoms with van der Waals surface area (Å²) < 4.78 is 7.60. The van der Waals surface area contributed by atoms with Gasteiger partial charge in [-0.3, -0.25) is 0 Å². The maximum Gasteiger partial charge on any atom is 0.0719 e. The van der Waals surface area contributed by atoms with Gasteiger partial charge in [0.05, 0.1) is 26.8 Å². The third-order valence-corrected chi connectivity index (χ3v) is 10.3. The van der Waals surface area contributed by atoms with Gasteiger partial charge in [0.1, 0.15) is 0 Å². The molecule has 43 heavy (non-hydrogen) atoms. The second kappa shape index (κ2) is 8.57. The molecule has 10 rings (SSSR count). The molecule has 3 aromatic heterocycles. The molecule has 0 N–H and O–H groups in total. The van der Waals surface area contributed by atoms with Crippen molar-refractivity contribution in [2.45, 2.75) is 0 Å². The van der Waals surface area contributed by atoms with Crippen molar-refractivity contribution in [1.29, 1.82) is 0 Å². The van der Waals surface area contributed by atoms with E-state index >= 15 is 0 Å². The van der Waals surface area contributed by atoms with Crippen LogP contribution in [0.1, 0.15) is 0 Å². The van der Waals surface area contributed by atoms with Crippen LogP contribution in [0.3, 0.4) is 0 Å². The smallest absolute Gasteiger partial charge is 0.0719 e.